The minimum absolute atomic E-state index is 0.0254. The summed E-state index contributed by atoms with van der Waals surface area (Å²) in [5.41, 5.74) is 4.18. The predicted molar refractivity (Wildman–Crippen MR) is 132 cm³/mol. The number of aryl methyl sites for hydroxylation is 2. The van der Waals surface area contributed by atoms with Crippen molar-refractivity contribution in [2.24, 2.45) is 0 Å². The van der Waals surface area contributed by atoms with E-state index in [9.17, 15) is 9.59 Å². The summed E-state index contributed by atoms with van der Waals surface area (Å²) in [5, 5.41) is 5.76. The van der Waals surface area contributed by atoms with Gasteiger partial charge in [0.25, 0.3) is 5.91 Å². The van der Waals surface area contributed by atoms with Gasteiger partial charge in [0.2, 0.25) is 5.91 Å². The van der Waals surface area contributed by atoms with Crippen molar-refractivity contribution < 1.29 is 14.3 Å². The molecule has 3 rings (SSSR count). The van der Waals surface area contributed by atoms with Crippen LogP contribution in [0.25, 0.3) is 0 Å². The number of nitrogens with one attached hydrogen (secondary N) is 2. The molecule has 1 atom stereocenters. The van der Waals surface area contributed by atoms with Crippen molar-refractivity contribution in [3.63, 3.8) is 0 Å². The molecule has 166 valence electrons. The average Bonchev–Trinajstić information content (AvgIpc) is 2.80. The smallest absolute Gasteiger partial charge is 0.255 e. The number of hydrogen-bond acceptors (Lipinski definition) is 4. The van der Waals surface area contributed by atoms with Gasteiger partial charge in [-0.15, -0.1) is 11.8 Å². The number of anilines is 2. The lowest BCUT2D eigenvalue weighted by atomic mass is 10.1. The van der Waals surface area contributed by atoms with Gasteiger partial charge in [0.05, 0.1) is 12.4 Å². The van der Waals surface area contributed by atoms with Crippen LogP contribution in [0.15, 0.2) is 71.6 Å². The molecule has 1 unspecified atom stereocenters. The van der Waals surface area contributed by atoms with E-state index >= 15 is 0 Å². The quantitative estimate of drug-likeness (QED) is 0.410. The highest BCUT2D eigenvalue weighted by molar-refractivity contribution is 8.00. The van der Waals surface area contributed by atoms with Gasteiger partial charge in [-0.05, 0) is 73.9 Å². The van der Waals surface area contributed by atoms with Gasteiger partial charge in [-0.2, -0.15) is 0 Å². The van der Waals surface area contributed by atoms with Gasteiger partial charge < -0.3 is 15.4 Å². The Hall–Kier alpha value is -3.25. The molecule has 0 radical (unpaired) electrons. The summed E-state index contributed by atoms with van der Waals surface area (Å²) in [6.07, 6.45) is 0.684. The lowest BCUT2D eigenvalue weighted by Gasteiger charge is -2.17. The van der Waals surface area contributed by atoms with E-state index in [1.807, 2.05) is 63.2 Å². The number of para-hydroxylation sites is 1. The van der Waals surface area contributed by atoms with Crippen LogP contribution in [0.1, 0.15) is 34.8 Å². The molecule has 0 spiro atoms. The maximum absolute atomic E-state index is 12.9. The lowest BCUT2D eigenvalue weighted by molar-refractivity contribution is -0.115. The van der Waals surface area contributed by atoms with Crippen molar-refractivity contribution >= 4 is 35.0 Å². The summed E-state index contributed by atoms with van der Waals surface area (Å²) in [7, 11) is 1.59. The average molecular weight is 449 g/mol. The summed E-state index contributed by atoms with van der Waals surface area (Å²) in [5.74, 6) is 0.474. The van der Waals surface area contributed by atoms with Crippen LogP contribution in [0.2, 0.25) is 0 Å². The van der Waals surface area contributed by atoms with E-state index in [4.69, 9.17) is 4.74 Å². The van der Waals surface area contributed by atoms with Crippen molar-refractivity contribution in [1.29, 1.82) is 0 Å². The number of amides is 2. The molecule has 5 nitrogen and oxygen atoms in total. The third kappa shape index (κ3) is 5.92. The Morgan fingerprint density at radius 3 is 2.22 bits per heavy atom. The fraction of sp³-hybridized carbons (Fsp3) is 0.231. The predicted octanol–water partition coefficient (Wildman–Crippen LogP) is 6.07. The molecule has 0 heterocycles. The molecule has 0 saturated heterocycles. The van der Waals surface area contributed by atoms with Crippen LogP contribution in [-0.4, -0.2) is 24.2 Å². The molecule has 3 aromatic carbocycles. The maximum atomic E-state index is 12.9. The zero-order valence-corrected chi connectivity index (χ0v) is 19.6. The molecule has 0 aliphatic heterocycles. The number of carbonyl (C=O) groups excluding carboxylic acids is 2. The summed E-state index contributed by atoms with van der Waals surface area (Å²) >= 11 is 1.49. The SMILES string of the molecule is CCC(Sc1cccc(NC(=O)c2ccc(OC)cc2)c1)C(=O)Nc1c(C)cccc1C. The molecule has 2 amide bonds. The van der Waals surface area contributed by atoms with E-state index in [2.05, 4.69) is 10.6 Å². The summed E-state index contributed by atoms with van der Waals surface area (Å²) in [6, 6.07) is 20.5. The van der Waals surface area contributed by atoms with Crippen LogP contribution in [0.5, 0.6) is 5.75 Å². The second kappa shape index (κ2) is 10.9. The summed E-state index contributed by atoms with van der Waals surface area (Å²) in [4.78, 5) is 26.4. The molecule has 32 heavy (non-hydrogen) atoms. The van der Waals surface area contributed by atoms with Crippen LogP contribution >= 0.6 is 11.8 Å². The molecule has 0 fully saturated rings. The minimum Gasteiger partial charge on any atom is -0.497 e. The molecule has 6 heteroatoms. The molecule has 0 aliphatic carbocycles. The Morgan fingerprint density at radius 2 is 1.59 bits per heavy atom. The van der Waals surface area contributed by atoms with Gasteiger partial charge in [0, 0.05) is 21.8 Å². The fourth-order valence-electron chi connectivity index (χ4n) is 3.29. The van der Waals surface area contributed by atoms with Crippen molar-refractivity contribution in [2.45, 2.75) is 37.3 Å². The Morgan fingerprint density at radius 1 is 0.938 bits per heavy atom. The molecular formula is C26H28N2O3S. The van der Waals surface area contributed by atoms with Crippen molar-refractivity contribution in [3.8, 4) is 5.75 Å². The normalized spacial score (nSPS) is 11.5. The Bertz CT molecular complexity index is 1080. The van der Waals surface area contributed by atoms with Gasteiger partial charge in [-0.1, -0.05) is 31.2 Å². The third-order valence-corrected chi connectivity index (χ3v) is 6.47. The van der Waals surface area contributed by atoms with Crippen molar-refractivity contribution in [3.05, 3.63) is 83.4 Å². The van der Waals surface area contributed by atoms with Crippen LogP contribution in [0, 0.1) is 13.8 Å². The molecule has 0 saturated carbocycles. The van der Waals surface area contributed by atoms with Crippen LogP contribution in [0.4, 0.5) is 11.4 Å². The van der Waals surface area contributed by atoms with Crippen molar-refractivity contribution in [1.82, 2.24) is 0 Å². The topological polar surface area (TPSA) is 67.4 Å². The Balaban J connectivity index is 1.68. The van der Waals surface area contributed by atoms with Crippen LogP contribution in [-0.2, 0) is 4.79 Å². The summed E-state index contributed by atoms with van der Waals surface area (Å²) in [6.45, 7) is 5.98. The molecule has 2 N–H and O–H groups in total. The number of rotatable bonds is 8. The third-order valence-electron chi connectivity index (χ3n) is 5.12. The first kappa shape index (κ1) is 23.4. The zero-order valence-electron chi connectivity index (χ0n) is 18.8. The number of hydrogen-bond donors (Lipinski definition) is 2. The van der Waals surface area contributed by atoms with E-state index in [0.29, 0.717) is 23.4 Å². The van der Waals surface area contributed by atoms with Crippen LogP contribution in [0.3, 0.4) is 0 Å². The number of methoxy groups -OCH3 is 1. The second-order valence-corrected chi connectivity index (χ2v) is 8.76. The van der Waals surface area contributed by atoms with Crippen LogP contribution < -0.4 is 15.4 Å². The number of ether oxygens (including phenoxy) is 1. The first-order valence-corrected chi connectivity index (χ1v) is 11.4. The van der Waals surface area contributed by atoms with Crippen molar-refractivity contribution in [2.75, 3.05) is 17.7 Å². The standard InChI is InChI=1S/C26H28N2O3S/c1-5-23(26(30)28-24-17(2)8-6-9-18(24)3)32-22-11-7-10-20(16-22)27-25(29)19-12-14-21(31-4)15-13-19/h6-16,23H,5H2,1-4H3,(H,27,29)(H,28,30). The zero-order chi connectivity index (χ0) is 23.1. The monoisotopic (exact) mass is 448 g/mol. The Labute approximate surface area is 193 Å². The minimum atomic E-state index is -0.249. The molecule has 3 aromatic rings. The van der Waals surface area contributed by atoms with E-state index < -0.39 is 0 Å². The molecule has 0 aromatic heterocycles. The van der Waals surface area contributed by atoms with Gasteiger partial charge in [-0.3, -0.25) is 9.59 Å². The van der Waals surface area contributed by atoms with Gasteiger partial charge >= 0.3 is 0 Å². The number of carbonyl (C=O) groups is 2. The largest absolute Gasteiger partial charge is 0.497 e. The lowest BCUT2D eigenvalue weighted by Crippen LogP contribution is -2.25. The molecule has 0 bridgehead atoms. The molecular weight excluding hydrogens is 420 g/mol. The summed E-state index contributed by atoms with van der Waals surface area (Å²) < 4.78 is 5.13. The number of thioether (sulfide) groups is 1. The highest BCUT2D eigenvalue weighted by atomic mass is 32.2. The van der Waals surface area contributed by atoms with E-state index in [-0.39, 0.29) is 17.1 Å². The molecule has 0 aliphatic rings. The van der Waals surface area contributed by atoms with Gasteiger partial charge in [-0.25, -0.2) is 0 Å². The van der Waals surface area contributed by atoms with E-state index in [1.54, 1.807) is 31.4 Å². The highest BCUT2D eigenvalue weighted by Gasteiger charge is 2.19. The highest BCUT2D eigenvalue weighted by Crippen LogP contribution is 2.29. The van der Waals surface area contributed by atoms with E-state index in [1.165, 1.54) is 11.8 Å². The van der Waals surface area contributed by atoms with E-state index in [0.717, 1.165) is 21.7 Å². The first-order chi connectivity index (χ1) is 15.4. The number of benzene rings is 3. The maximum Gasteiger partial charge on any atom is 0.255 e. The first-order valence-electron chi connectivity index (χ1n) is 10.5. The Kier molecular flexibility index (Phi) is 7.95. The van der Waals surface area contributed by atoms with Gasteiger partial charge in [0.15, 0.2) is 0 Å². The second-order valence-electron chi connectivity index (χ2n) is 7.48. The fourth-order valence-corrected chi connectivity index (χ4v) is 4.31. The van der Waals surface area contributed by atoms with Gasteiger partial charge in [0.1, 0.15) is 5.75 Å².